The second-order valence-corrected chi connectivity index (χ2v) is 4.29. The lowest BCUT2D eigenvalue weighted by Crippen LogP contribution is -2.30. The average molecular weight is 245 g/mol. The number of anilines is 1. The second kappa shape index (κ2) is 6.33. The van der Waals surface area contributed by atoms with E-state index < -0.39 is 0 Å². The van der Waals surface area contributed by atoms with Crippen molar-refractivity contribution in [3.05, 3.63) is 35.9 Å². The normalized spacial score (nSPS) is 14.9. The molecule has 96 valence electrons. The molecule has 1 saturated heterocycles. The lowest BCUT2D eigenvalue weighted by atomic mass is 10.1. The number of hydrogen-bond acceptors (Lipinski definition) is 4. The number of ether oxygens (including phenoxy) is 1. The fourth-order valence-electron chi connectivity index (χ4n) is 1.78. The molecule has 0 atom stereocenters. The molecule has 0 radical (unpaired) electrons. The zero-order valence-corrected chi connectivity index (χ0v) is 10.6. The molecule has 0 spiro atoms. The Morgan fingerprint density at radius 1 is 1.17 bits per heavy atom. The zero-order chi connectivity index (χ0) is 12.8. The number of nitrogens with zero attached hydrogens (tertiary/aromatic N) is 1. The number of rotatable bonds is 0. The van der Waals surface area contributed by atoms with E-state index >= 15 is 0 Å². The Morgan fingerprint density at radius 3 is 2.56 bits per heavy atom. The van der Waals surface area contributed by atoms with E-state index in [0.29, 0.717) is 5.82 Å². The highest BCUT2D eigenvalue weighted by molar-refractivity contribution is 5.80. The number of aryl methyl sites for hydroxylation is 1. The van der Waals surface area contributed by atoms with Crippen LogP contribution >= 0.6 is 0 Å². The summed E-state index contributed by atoms with van der Waals surface area (Å²) in [5.74, 6) is 0.575. The molecule has 1 aromatic carbocycles. The fraction of sp³-hybridized carbons (Fsp3) is 0.357. The van der Waals surface area contributed by atoms with E-state index in [1.165, 1.54) is 5.56 Å². The topological polar surface area (TPSA) is 60.2 Å². The number of fused-ring (bicyclic) bond motifs is 1. The van der Waals surface area contributed by atoms with Crippen molar-refractivity contribution in [1.82, 2.24) is 10.3 Å². The van der Waals surface area contributed by atoms with Gasteiger partial charge in [0.2, 0.25) is 0 Å². The van der Waals surface area contributed by atoms with Gasteiger partial charge in [0.1, 0.15) is 5.82 Å². The van der Waals surface area contributed by atoms with Gasteiger partial charge >= 0.3 is 0 Å². The maximum atomic E-state index is 5.55. The van der Waals surface area contributed by atoms with E-state index in [0.717, 1.165) is 37.2 Å². The molecular formula is C14H19N3O. The number of morpholine rings is 1. The molecule has 0 saturated carbocycles. The molecular weight excluding hydrogens is 226 g/mol. The summed E-state index contributed by atoms with van der Waals surface area (Å²) in [6.07, 6.45) is 0. The first kappa shape index (κ1) is 12.8. The number of benzene rings is 1. The molecule has 0 unspecified atom stereocenters. The number of nitrogen functional groups attached to an aromatic ring is 1. The van der Waals surface area contributed by atoms with Gasteiger partial charge in [-0.2, -0.15) is 0 Å². The van der Waals surface area contributed by atoms with Crippen molar-refractivity contribution in [3.63, 3.8) is 0 Å². The Balaban J connectivity index is 0.000000169. The van der Waals surface area contributed by atoms with Gasteiger partial charge in [0.15, 0.2) is 0 Å². The summed E-state index contributed by atoms with van der Waals surface area (Å²) in [5.41, 5.74) is 7.75. The Kier molecular flexibility index (Phi) is 4.50. The molecule has 0 bridgehead atoms. The van der Waals surface area contributed by atoms with Crippen molar-refractivity contribution in [2.24, 2.45) is 0 Å². The van der Waals surface area contributed by atoms with E-state index in [4.69, 9.17) is 10.5 Å². The molecule has 1 fully saturated rings. The predicted octanol–water partition coefficient (Wildman–Crippen LogP) is 1.73. The van der Waals surface area contributed by atoms with Crippen LogP contribution in [0.15, 0.2) is 30.3 Å². The first-order valence-corrected chi connectivity index (χ1v) is 6.17. The Hall–Kier alpha value is -1.65. The SMILES string of the molecule is C1COCCN1.Cc1ccc2nc(N)ccc2c1. The summed E-state index contributed by atoms with van der Waals surface area (Å²) in [6.45, 7) is 5.90. The molecule has 3 rings (SSSR count). The van der Waals surface area contributed by atoms with Gasteiger partial charge < -0.3 is 15.8 Å². The number of pyridine rings is 1. The molecule has 3 N–H and O–H groups in total. The minimum absolute atomic E-state index is 0.575. The number of nitrogens with one attached hydrogen (secondary N) is 1. The third kappa shape index (κ3) is 3.68. The van der Waals surface area contributed by atoms with Crippen LogP contribution in [-0.2, 0) is 4.74 Å². The van der Waals surface area contributed by atoms with E-state index in [2.05, 4.69) is 23.3 Å². The van der Waals surface area contributed by atoms with Crippen LogP contribution in [0.2, 0.25) is 0 Å². The Bertz CT molecular complexity index is 457. The Labute approximate surface area is 107 Å². The van der Waals surface area contributed by atoms with Crippen LogP contribution in [0.3, 0.4) is 0 Å². The van der Waals surface area contributed by atoms with Crippen LogP contribution in [-0.4, -0.2) is 31.3 Å². The maximum Gasteiger partial charge on any atom is 0.124 e. The van der Waals surface area contributed by atoms with Crippen LogP contribution in [0.25, 0.3) is 10.9 Å². The molecule has 4 heteroatoms. The van der Waals surface area contributed by atoms with Crippen molar-refractivity contribution in [2.75, 3.05) is 32.0 Å². The lowest BCUT2D eigenvalue weighted by Gasteiger charge is -2.10. The van der Waals surface area contributed by atoms with E-state index in [1.54, 1.807) is 0 Å². The standard InChI is InChI=1S/C10H10N2.C4H9NO/c1-7-2-4-9-8(6-7)3-5-10(11)12-9;1-3-6-4-2-5-1/h2-6H,1H3,(H2,11,12);5H,1-4H2. The van der Waals surface area contributed by atoms with E-state index in [1.807, 2.05) is 24.3 Å². The first-order valence-electron chi connectivity index (χ1n) is 6.17. The molecule has 18 heavy (non-hydrogen) atoms. The van der Waals surface area contributed by atoms with Crippen molar-refractivity contribution >= 4 is 16.7 Å². The molecule has 0 amide bonds. The summed E-state index contributed by atoms with van der Waals surface area (Å²) in [5, 5.41) is 4.30. The van der Waals surface area contributed by atoms with Crippen LogP contribution in [0.1, 0.15) is 5.56 Å². The van der Waals surface area contributed by atoms with Gasteiger partial charge in [-0.25, -0.2) is 4.98 Å². The summed E-state index contributed by atoms with van der Waals surface area (Å²) in [6, 6.07) is 9.93. The second-order valence-electron chi connectivity index (χ2n) is 4.29. The molecule has 1 aliphatic heterocycles. The number of nitrogens with two attached hydrogens (primary N) is 1. The fourth-order valence-corrected chi connectivity index (χ4v) is 1.78. The quantitative estimate of drug-likeness (QED) is 0.742. The van der Waals surface area contributed by atoms with E-state index in [9.17, 15) is 0 Å². The van der Waals surface area contributed by atoms with Crippen LogP contribution < -0.4 is 11.1 Å². The Morgan fingerprint density at radius 2 is 1.94 bits per heavy atom. The number of aromatic nitrogens is 1. The third-order valence-electron chi connectivity index (χ3n) is 2.71. The molecule has 1 aromatic heterocycles. The predicted molar refractivity (Wildman–Crippen MR) is 74.6 cm³/mol. The molecule has 4 nitrogen and oxygen atoms in total. The smallest absolute Gasteiger partial charge is 0.124 e. The molecule has 2 heterocycles. The highest BCUT2D eigenvalue weighted by atomic mass is 16.5. The highest BCUT2D eigenvalue weighted by Gasteiger charge is 1.94. The minimum Gasteiger partial charge on any atom is -0.384 e. The van der Waals surface area contributed by atoms with Crippen molar-refractivity contribution in [3.8, 4) is 0 Å². The van der Waals surface area contributed by atoms with Gasteiger partial charge in [-0.1, -0.05) is 11.6 Å². The van der Waals surface area contributed by atoms with Crippen LogP contribution in [0.4, 0.5) is 5.82 Å². The summed E-state index contributed by atoms with van der Waals surface area (Å²) in [4.78, 5) is 4.19. The molecule has 1 aliphatic rings. The van der Waals surface area contributed by atoms with Gasteiger partial charge in [-0.05, 0) is 31.2 Å². The van der Waals surface area contributed by atoms with Gasteiger partial charge in [0, 0.05) is 18.5 Å². The summed E-state index contributed by atoms with van der Waals surface area (Å²) >= 11 is 0. The maximum absolute atomic E-state index is 5.55. The minimum atomic E-state index is 0.575. The average Bonchev–Trinajstić information content (AvgIpc) is 2.42. The van der Waals surface area contributed by atoms with Gasteiger partial charge in [-0.3, -0.25) is 0 Å². The zero-order valence-electron chi connectivity index (χ0n) is 10.6. The summed E-state index contributed by atoms with van der Waals surface area (Å²) in [7, 11) is 0. The van der Waals surface area contributed by atoms with Gasteiger partial charge in [0.25, 0.3) is 0 Å². The van der Waals surface area contributed by atoms with Crippen molar-refractivity contribution in [1.29, 1.82) is 0 Å². The van der Waals surface area contributed by atoms with Gasteiger partial charge in [0.05, 0.1) is 18.7 Å². The molecule has 2 aromatic rings. The highest BCUT2D eigenvalue weighted by Crippen LogP contribution is 2.14. The number of hydrogen-bond donors (Lipinski definition) is 2. The van der Waals surface area contributed by atoms with Crippen LogP contribution in [0.5, 0.6) is 0 Å². The third-order valence-corrected chi connectivity index (χ3v) is 2.71. The monoisotopic (exact) mass is 245 g/mol. The van der Waals surface area contributed by atoms with Crippen molar-refractivity contribution < 1.29 is 4.74 Å². The summed E-state index contributed by atoms with van der Waals surface area (Å²) < 4.78 is 5.01. The molecule has 0 aliphatic carbocycles. The lowest BCUT2D eigenvalue weighted by molar-refractivity contribution is 0.109. The van der Waals surface area contributed by atoms with Crippen LogP contribution in [0, 0.1) is 6.92 Å². The largest absolute Gasteiger partial charge is 0.384 e. The van der Waals surface area contributed by atoms with Crippen molar-refractivity contribution in [2.45, 2.75) is 6.92 Å². The van der Waals surface area contributed by atoms with E-state index in [-0.39, 0.29) is 0 Å². The van der Waals surface area contributed by atoms with Gasteiger partial charge in [-0.15, -0.1) is 0 Å². The first-order chi connectivity index (χ1) is 8.75.